The molecule has 0 aliphatic carbocycles. The average molecular weight is 306 g/mol. The largest absolute Gasteiger partial charge is 0.500 e. The maximum atomic E-state index is 11.2. The van der Waals surface area contributed by atoms with Gasteiger partial charge in [-0.2, -0.15) is 5.10 Å². The third kappa shape index (κ3) is 2.45. The van der Waals surface area contributed by atoms with Gasteiger partial charge in [-0.1, -0.05) is 0 Å². The van der Waals surface area contributed by atoms with Gasteiger partial charge in [-0.3, -0.25) is 10.1 Å². The second-order valence-corrected chi connectivity index (χ2v) is 5.35. The average Bonchev–Trinajstić information content (AvgIpc) is 2.93. The lowest BCUT2D eigenvalue weighted by molar-refractivity contribution is -0.386. The number of fused-ring (bicyclic) bond motifs is 1. The van der Waals surface area contributed by atoms with Crippen molar-refractivity contribution in [3.05, 3.63) is 27.8 Å². The normalized spacial score (nSPS) is 23.4. The van der Waals surface area contributed by atoms with Gasteiger partial charge >= 0.3 is 5.69 Å². The molecule has 1 saturated heterocycles. The highest BCUT2D eigenvalue weighted by atomic mass is 16.6. The van der Waals surface area contributed by atoms with Crippen LogP contribution in [0.3, 0.4) is 0 Å². The van der Waals surface area contributed by atoms with Crippen molar-refractivity contribution < 1.29 is 14.8 Å². The second kappa shape index (κ2) is 5.80. The standard InChI is InChI=1S/C14H18N4O4/c1-2-22-12-6-8(5-11(14(12)19)18(20)21)13-9-7-15-4-3-10(9)16-17-13/h5-6,9,13,15,17,19H,2-4,7H2,1H3. The zero-order valence-corrected chi connectivity index (χ0v) is 12.2. The number of hydrogen-bond donors (Lipinski definition) is 3. The van der Waals surface area contributed by atoms with Crippen LogP contribution in [0, 0.1) is 16.0 Å². The summed E-state index contributed by atoms with van der Waals surface area (Å²) in [5, 5.41) is 28.8. The molecule has 0 amide bonds. The number of phenolic OH excluding ortho intramolecular Hbond substituents is 1. The summed E-state index contributed by atoms with van der Waals surface area (Å²) in [5.41, 5.74) is 4.49. The molecule has 0 saturated carbocycles. The first-order valence-corrected chi connectivity index (χ1v) is 7.28. The van der Waals surface area contributed by atoms with E-state index in [1.807, 2.05) is 0 Å². The summed E-state index contributed by atoms with van der Waals surface area (Å²) >= 11 is 0. The fraction of sp³-hybridized carbons (Fsp3) is 0.500. The zero-order valence-electron chi connectivity index (χ0n) is 12.2. The van der Waals surface area contributed by atoms with Crippen LogP contribution in [-0.2, 0) is 0 Å². The predicted molar refractivity (Wildman–Crippen MR) is 80.2 cm³/mol. The third-order valence-corrected chi connectivity index (χ3v) is 4.03. The highest BCUT2D eigenvalue weighted by Gasteiger charge is 2.36. The highest BCUT2D eigenvalue weighted by Crippen LogP contribution is 2.41. The van der Waals surface area contributed by atoms with E-state index in [9.17, 15) is 15.2 Å². The number of hydrazone groups is 1. The van der Waals surface area contributed by atoms with E-state index in [0.29, 0.717) is 12.2 Å². The first-order valence-electron chi connectivity index (χ1n) is 7.28. The molecule has 0 bridgehead atoms. The molecular formula is C14H18N4O4. The summed E-state index contributed by atoms with van der Waals surface area (Å²) in [6.07, 6.45) is 0.868. The molecule has 0 aromatic heterocycles. The minimum Gasteiger partial charge on any atom is -0.500 e. The number of phenols is 1. The van der Waals surface area contributed by atoms with Crippen LogP contribution in [-0.4, -0.2) is 35.4 Å². The first-order chi connectivity index (χ1) is 10.6. The van der Waals surface area contributed by atoms with Gasteiger partial charge in [-0.05, 0) is 18.6 Å². The molecule has 2 heterocycles. The van der Waals surface area contributed by atoms with E-state index in [2.05, 4.69) is 15.8 Å². The lowest BCUT2D eigenvalue weighted by Gasteiger charge is -2.25. The SMILES string of the molecule is CCOc1cc(C2NN=C3CCNCC32)cc([N+](=O)[O-])c1O. The molecule has 2 aliphatic heterocycles. The number of nitro groups is 1. The summed E-state index contributed by atoms with van der Waals surface area (Å²) in [6, 6.07) is 2.89. The molecule has 3 N–H and O–H groups in total. The Labute approximate surface area is 127 Å². The molecule has 1 fully saturated rings. The van der Waals surface area contributed by atoms with Gasteiger partial charge in [0.2, 0.25) is 5.75 Å². The van der Waals surface area contributed by atoms with Crippen molar-refractivity contribution >= 4 is 11.4 Å². The summed E-state index contributed by atoms with van der Waals surface area (Å²) in [5.74, 6) is -0.144. The minimum absolute atomic E-state index is 0.130. The molecule has 1 aromatic rings. The minimum atomic E-state index is -0.600. The number of benzene rings is 1. The number of nitrogens with zero attached hydrogens (tertiary/aromatic N) is 2. The maximum absolute atomic E-state index is 11.2. The fourth-order valence-electron chi connectivity index (χ4n) is 2.97. The summed E-state index contributed by atoms with van der Waals surface area (Å²) in [7, 11) is 0. The van der Waals surface area contributed by atoms with Crippen LogP contribution >= 0.6 is 0 Å². The Balaban J connectivity index is 1.98. The Morgan fingerprint density at radius 2 is 2.36 bits per heavy atom. The predicted octanol–water partition coefficient (Wildman–Crippen LogP) is 1.31. The van der Waals surface area contributed by atoms with Gasteiger partial charge in [-0.25, -0.2) is 0 Å². The Kier molecular flexibility index (Phi) is 3.84. The molecule has 3 rings (SSSR count). The monoisotopic (exact) mass is 306 g/mol. The van der Waals surface area contributed by atoms with Crippen molar-refractivity contribution in [1.82, 2.24) is 10.7 Å². The number of ether oxygens (including phenoxy) is 1. The molecule has 2 unspecified atom stereocenters. The zero-order chi connectivity index (χ0) is 15.7. The Bertz CT molecular complexity index is 632. The number of hydrogen-bond acceptors (Lipinski definition) is 7. The number of nitrogens with one attached hydrogen (secondary N) is 2. The van der Waals surface area contributed by atoms with Crippen molar-refractivity contribution in [2.45, 2.75) is 19.4 Å². The third-order valence-electron chi connectivity index (χ3n) is 4.03. The van der Waals surface area contributed by atoms with E-state index in [-0.39, 0.29) is 23.4 Å². The van der Waals surface area contributed by atoms with Crippen LogP contribution in [0.1, 0.15) is 24.9 Å². The molecule has 0 spiro atoms. The molecule has 1 aromatic carbocycles. The van der Waals surface area contributed by atoms with Crippen molar-refractivity contribution in [2.24, 2.45) is 11.0 Å². The number of rotatable bonds is 4. The van der Waals surface area contributed by atoms with E-state index in [1.165, 1.54) is 6.07 Å². The van der Waals surface area contributed by atoms with Crippen molar-refractivity contribution in [2.75, 3.05) is 19.7 Å². The summed E-state index contributed by atoms with van der Waals surface area (Å²) < 4.78 is 5.33. The first kappa shape index (κ1) is 14.6. The van der Waals surface area contributed by atoms with Gasteiger partial charge < -0.3 is 20.6 Å². The van der Waals surface area contributed by atoms with Crippen LogP contribution in [0.15, 0.2) is 17.2 Å². The van der Waals surface area contributed by atoms with Gasteiger partial charge in [0, 0.05) is 37.2 Å². The van der Waals surface area contributed by atoms with E-state index >= 15 is 0 Å². The maximum Gasteiger partial charge on any atom is 0.315 e. The van der Waals surface area contributed by atoms with Gasteiger partial charge in [-0.15, -0.1) is 0 Å². The van der Waals surface area contributed by atoms with Crippen LogP contribution in [0.4, 0.5) is 5.69 Å². The van der Waals surface area contributed by atoms with Crippen molar-refractivity contribution in [3.63, 3.8) is 0 Å². The fourth-order valence-corrected chi connectivity index (χ4v) is 2.97. The summed E-state index contributed by atoms with van der Waals surface area (Å²) in [4.78, 5) is 10.6. The van der Waals surface area contributed by atoms with Crippen LogP contribution in [0.2, 0.25) is 0 Å². The second-order valence-electron chi connectivity index (χ2n) is 5.35. The smallest absolute Gasteiger partial charge is 0.315 e. The lowest BCUT2D eigenvalue weighted by atomic mass is 9.87. The van der Waals surface area contributed by atoms with E-state index in [1.54, 1.807) is 13.0 Å². The Hall–Kier alpha value is -2.35. The highest BCUT2D eigenvalue weighted by molar-refractivity contribution is 5.90. The van der Waals surface area contributed by atoms with Crippen LogP contribution in [0.25, 0.3) is 0 Å². The summed E-state index contributed by atoms with van der Waals surface area (Å²) in [6.45, 7) is 3.75. The molecule has 22 heavy (non-hydrogen) atoms. The van der Waals surface area contributed by atoms with Crippen LogP contribution in [0.5, 0.6) is 11.5 Å². The van der Waals surface area contributed by atoms with Gasteiger partial charge in [0.25, 0.3) is 0 Å². The molecular weight excluding hydrogens is 288 g/mol. The van der Waals surface area contributed by atoms with E-state index < -0.39 is 10.7 Å². The Morgan fingerprint density at radius 1 is 1.55 bits per heavy atom. The number of piperidine rings is 1. The number of nitro benzene ring substituents is 1. The molecule has 0 radical (unpaired) electrons. The van der Waals surface area contributed by atoms with Gasteiger partial charge in [0.1, 0.15) is 0 Å². The number of aromatic hydroxyl groups is 1. The molecule has 8 nitrogen and oxygen atoms in total. The van der Waals surface area contributed by atoms with E-state index in [4.69, 9.17) is 4.74 Å². The molecule has 2 aliphatic rings. The lowest BCUT2D eigenvalue weighted by Crippen LogP contribution is -2.38. The molecule has 8 heteroatoms. The van der Waals surface area contributed by atoms with Gasteiger partial charge in [0.05, 0.1) is 17.6 Å². The topological polar surface area (TPSA) is 109 Å². The van der Waals surface area contributed by atoms with Crippen LogP contribution < -0.4 is 15.5 Å². The van der Waals surface area contributed by atoms with E-state index in [0.717, 1.165) is 25.2 Å². The molecule has 2 atom stereocenters. The quantitative estimate of drug-likeness (QED) is 0.571. The van der Waals surface area contributed by atoms with Crippen molar-refractivity contribution in [1.29, 1.82) is 0 Å². The molecule has 118 valence electrons. The van der Waals surface area contributed by atoms with Gasteiger partial charge in [0.15, 0.2) is 5.75 Å². The Morgan fingerprint density at radius 3 is 3.09 bits per heavy atom. The van der Waals surface area contributed by atoms with Crippen molar-refractivity contribution in [3.8, 4) is 11.5 Å².